The van der Waals surface area contributed by atoms with Crippen molar-refractivity contribution in [1.29, 1.82) is 0 Å². The van der Waals surface area contributed by atoms with Crippen LogP contribution in [0, 0.1) is 17.6 Å². The molecule has 1 aliphatic carbocycles. The van der Waals surface area contributed by atoms with Gasteiger partial charge in [0.15, 0.2) is 5.82 Å². The van der Waals surface area contributed by atoms with Crippen molar-refractivity contribution < 1.29 is 23.2 Å². The summed E-state index contributed by atoms with van der Waals surface area (Å²) < 4.78 is 27.7. The molecule has 1 saturated carbocycles. The maximum absolute atomic E-state index is 13.9. The van der Waals surface area contributed by atoms with E-state index in [4.69, 9.17) is 0 Å². The van der Waals surface area contributed by atoms with Gasteiger partial charge >= 0.3 is 6.03 Å². The second-order valence-electron chi connectivity index (χ2n) is 7.02. The number of imide groups is 1. The van der Waals surface area contributed by atoms with Crippen molar-refractivity contribution in [3.8, 4) is 11.3 Å². The highest BCUT2D eigenvalue weighted by Crippen LogP contribution is 2.35. The number of anilines is 1. The molecule has 1 saturated heterocycles. The van der Waals surface area contributed by atoms with Crippen LogP contribution in [0.2, 0.25) is 0 Å². The summed E-state index contributed by atoms with van der Waals surface area (Å²) in [7, 11) is 0. The Balaban J connectivity index is 1.41. The number of nitrogens with one attached hydrogen (secondary N) is 4. The van der Waals surface area contributed by atoms with E-state index < -0.39 is 23.2 Å². The van der Waals surface area contributed by atoms with Gasteiger partial charge in [0, 0.05) is 12.0 Å². The van der Waals surface area contributed by atoms with Gasteiger partial charge in [-0.1, -0.05) is 6.07 Å². The highest BCUT2D eigenvalue weighted by Gasteiger charge is 2.48. The lowest BCUT2D eigenvalue weighted by molar-refractivity contribution is -0.128. The minimum Gasteiger partial charge on any atom is -0.323 e. The average molecular weight is 389 g/mol. The fourth-order valence-electron chi connectivity index (χ4n) is 3.75. The monoisotopic (exact) mass is 389 g/mol. The molecule has 4 amide bonds. The molecule has 0 bridgehead atoms. The molecular weight excluding hydrogens is 372 g/mol. The van der Waals surface area contributed by atoms with E-state index >= 15 is 0 Å². The lowest BCUT2D eigenvalue weighted by atomic mass is 9.76. The van der Waals surface area contributed by atoms with Crippen LogP contribution in [0.5, 0.6) is 0 Å². The second kappa shape index (κ2) is 6.70. The summed E-state index contributed by atoms with van der Waals surface area (Å²) >= 11 is 0. The van der Waals surface area contributed by atoms with Gasteiger partial charge in [0.25, 0.3) is 5.91 Å². The first-order valence-electron chi connectivity index (χ1n) is 8.82. The average Bonchev–Trinajstić information content (AvgIpc) is 3.20. The summed E-state index contributed by atoms with van der Waals surface area (Å²) in [5.74, 6) is -2.35. The second-order valence-corrected chi connectivity index (χ2v) is 7.02. The maximum Gasteiger partial charge on any atom is 0.322 e. The molecule has 8 nitrogen and oxygen atoms in total. The van der Waals surface area contributed by atoms with Gasteiger partial charge in [-0.05, 0) is 37.8 Å². The zero-order valence-corrected chi connectivity index (χ0v) is 14.6. The summed E-state index contributed by atoms with van der Waals surface area (Å²) in [6.07, 6.45) is 1.54. The molecule has 2 aliphatic rings. The van der Waals surface area contributed by atoms with Gasteiger partial charge in [-0.3, -0.25) is 20.0 Å². The van der Waals surface area contributed by atoms with Crippen LogP contribution in [-0.2, 0) is 9.59 Å². The summed E-state index contributed by atoms with van der Waals surface area (Å²) in [6, 6.07) is 4.36. The quantitative estimate of drug-likeness (QED) is 0.601. The van der Waals surface area contributed by atoms with Crippen molar-refractivity contribution in [3.63, 3.8) is 0 Å². The molecule has 1 spiro atoms. The highest BCUT2D eigenvalue weighted by molar-refractivity contribution is 6.07. The standard InChI is InChI=1S/C18H17F2N5O3/c19-10-2-1-3-11(20)14(10)12-8-13(25-24-12)21-15(26)9-4-6-18(7-5-9)16(27)22-17(28)23-18/h1-3,8-9H,4-7H2,(H2,21,24,25,26)(H2,22,23,27,28). The number of amides is 4. The Morgan fingerprint density at radius 1 is 1.18 bits per heavy atom. The molecule has 0 radical (unpaired) electrons. The molecule has 2 heterocycles. The molecule has 0 unspecified atom stereocenters. The molecule has 1 aromatic carbocycles. The van der Waals surface area contributed by atoms with Gasteiger partial charge in [-0.2, -0.15) is 5.10 Å². The van der Waals surface area contributed by atoms with Gasteiger partial charge in [0.2, 0.25) is 5.91 Å². The van der Waals surface area contributed by atoms with E-state index in [1.807, 2.05) is 0 Å². The van der Waals surface area contributed by atoms with Crippen LogP contribution >= 0.6 is 0 Å². The van der Waals surface area contributed by atoms with E-state index in [-0.39, 0.29) is 34.8 Å². The largest absolute Gasteiger partial charge is 0.323 e. The van der Waals surface area contributed by atoms with E-state index in [1.54, 1.807) is 0 Å². The molecule has 1 aliphatic heterocycles. The third-order valence-electron chi connectivity index (χ3n) is 5.29. The number of benzene rings is 1. The lowest BCUT2D eigenvalue weighted by Gasteiger charge is -2.33. The number of carbonyl (C=O) groups excluding carboxylic acids is 3. The van der Waals surface area contributed by atoms with Crippen molar-refractivity contribution in [2.24, 2.45) is 5.92 Å². The van der Waals surface area contributed by atoms with Crippen LogP contribution in [0.1, 0.15) is 25.7 Å². The van der Waals surface area contributed by atoms with Crippen LogP contribution in [0.4, 0.5) is 19.4 Å². The number of nitrogens with zero attached hydrogens (tertiary/aromatic N) is 1. The van der Waals surface area contributed by atoms with E-state index in [0.29, 0.717) is 25.7 Å². The Kier molecular flexibility index (Phi) is 4.33. The van der Waals surface area contributed by atoms with Crippen LogP contribution in [-0.4, -0.2) is 33.6 Å². The van der Waals surface area contributed by atoms with Crippen LogP contribution in [0.25, 0.3) is 11.3 Å². The van der Waals surface area contributed by atoms with E-state index in [2.05, 4.69) is 26.1 Å². The smallest absolute Gasteiger partial charge is 0.322 e. The van der Waals surface area contributed by atoms with Crippen LogP contribution in [0.15, 0.2) is 24.3 Å². The molecular formula is C18H17F2N5O3. The summed E-state index contributed by atoms with van der Waals surface area (Å²) in [5, 5.41) is 13.9. The Labute approximate surface area is 158 Å². The first kappa shape index (κ1) is 18.1. The van der Waals surface area contributed by atoms with Crippen LogP contribution in [0.3, 0.4) is 0 Å². The van der Waals surface area contributed by atoms with Crippen molar-refractivity contribution in [2.45, 2.75) is 31.2 Å². The van der Waals surface area contributed by atoms with Gasteiger partial charge < -0.3 is 10.6 Å². The highest BCUT2D eigenvalue weighted by atomic mass is 19.1. The lowest BCUT2D eigenvalue weighted by Crippen LogP contribution is -2.50. The zero-order valence-electron chi connectivity index (χ0n) is 14.6. The SMILES string of the molecule is O=C1NC(=O)C2(CCC(C(=O)Nc3cc(-c4c(F)cccc4F)[nH]n3)CC2)N1. The number of halogens is 2. The van der Waals surface area contributed by atoms with Gasteiger partial charge in [-0.15, -0.1) is 0 Å². The summed E-state index contributed by atoms with van der Waals surface area (Å²) in [5.41, 5.74) is -1.08. The Bertz CT molecular complexity index is 946. The van der Waals surface area contributed by atoms with E-state index in [0.717, 1.165) is 12.1 Å². The number of carbonyl (C=O) groups is 3. The zero-order chi connectivity index (χ0) is 19.9. The van der Waals surface area contributed by atoms with Gasteiger partial charge in [0.05, 0.1) is 11.3 Å². The third-order valence-corrected chi connectivity index (χ3v) is 5.29. The van der Waals surface area contributed by atoms with Crippen molar-refractivity contribution in [1.82, 2.24) is 20.8 Å². The molecule has 1 aromatic heterocycles. The molecule has 2 aromatic rings. The number of hydrogen-bond donors (Lipinski definition) is 4. The van der Waals surface area contributed by atoms with Crippen LogP contribution < -0.4 is 16.0 Å². The number of aromatic amines is 1. The van der Waals surface area contributed by atoms with Crippen molar-refractivity contribution in [3.05, 3.63) is 35.9 Å². The third kappa shape index (κ3) is 3.10. The number of rotatable bonds is 3. The normalized spacial score (nSPS) is 24.1. The topological polar surface area (TPSA) is 116 Å². The number of urea groups is 1. The molecule has 2 fully saturated rings. The summed E-state index contributed by atoms with van der Waals surface area (Å²) in [6.45, 7) is 0. The fourth-order valence-corrected chi connectivity index (χ4v) is 3.75. The minimum absolute atomic E-state index is 0.110. The predicted octanol–water partition coefficient (Wildman–Crippen LogP) is 2.06. The molecule has 4 N–H and O–H groups in total. The predicted molar refractivity (Wildman–Crippen MR) is 93.9 cm³/mol. The molecule has 28 heavy (non-hydrogen) atoms. The number of hydrogen-bond acceptors (Lipinski definition) is 4. The first-order valence-corrected chi connectivity index (χ1v) is 8.82. The Morgan fingerprint density at radius 2 is 1.86 bits per heavy atom. The Hall–Kier alpha value is -3.30. The number of H-pyrrole nitrogens is 1. The van der Waals surface area contributed by atoms with Crippen molar-refractivity contribution >= 4 is 23.7 Å². The van der Waals surface area contributed by atoms with Gasteiger partial charge in [-0.25, -0.2) is 13.6 Å². The number of aromatic nitrogens is 2. The van der Waals surface area contributed by atoms with Gasteiger partial charge in [0.1, 0.15) is 17.2 Å². The molecule has 4 rings (SSSR count). The Morgan fingerprint density at radius 3 is 2.46 bits per heavy atom. The van der Waals surface area contributed by atoms with Crippen molar-refractivity contribution in [2.75, 3.05) is 5.32 Å². The fraction of sp³-hybridized carbons (Fsp3) is 0.333. The minimum atomic E-state index is -0.935. The first-order chi connectivity index (χ1) is 13.4. The molecule has 10 heteroatoms. The summed E-state index contributed by atoms with van der Waals surface area (Å²) in [4.78, 5) is 35.8. The molecule has 146 valence electrons. The van der Waals surface area contributed by atoms with E-state index in [9.17, 15) is 23.2 Å². The van der Waals surface area contributed by atoms with E-state index in [1.165, 1.54) is 12.1 Å². The molecule has 0 atom stereocenters. The maximum atomic E-state index is 13.9.